The molecule has 0 aliphatic carbocycles. The molecule has 0 radical (unpaired) electrons. The van der Waals surface area contributed by atoms with Crippen molar-refractivity contribution in [1.29, 1.82) is 0 Å². The van der Waals surface area contributed by atoms with Gasteiger partial charge in [0.2, 0.25) is 0 Å². The van der Waals surface area contributed by atoms with Crippen LogP contribution in [0.15, 0.2) is 18.2 Å². The summed E-state index contributed by atoms with van der Waals surface area (Å²) in [5.74, 6) is -0.103. The molecule has 1 atom stereocenters. The fraction of sp³-hybridized carbons (Fsp3) is 0.385. The Morgan fingerprint density at radius 2 is 2.45 bits per heavy atom. The van der Waals surface area contributed by atoms with Crippen molar-refractivity contribution in [2.75, 3.05) is 31.6 Å². The van der Waals surface area contributed by atoms with Gasteiger partial charge in [0.05, 0.1) is 22.9 Å². The number of likely N-dealkylation sites (N-methyl/N-ethyl adjacent to an activating group) is 1. The molecule has 20 heavy (non-hydrogen) atoms. The second-order valence-corrected chi connectivity index (χ2v) is 5.92. The van der Waals surface area contributed by atoms with Crippen LogP contribution in [0.2, 0.25) is 5.02 Å². The Labute approximate surface area is 125 Å². The number of hydrogen-bond donors (Lipinski definition) is 1. The van der Waals surface area contributed by atoms with Crippen molar-refractivity contribution < 1.29 is 9.53 Å². The summed E-state index contributed by atoms with van der Waals surface area (Å²) in [6, 6.07) is 5.75. The first-order valence-electron chi connectivity index (χ1n) is 6.32. The van der Waals surface area contributed by atoms with Gasteiger partial charge in [0, 0.05) is 13.6 Å². The van der Waals surface area contributed by atoms with Crippen LogP contribution in [0, 0.1) is 0 Å². The zero-order chi connectivity index (χ0) is 14.1. The Kier molecular flexibility index (Phi) is 3.78. The number of thiazole rings is 1. The topological polar surface area (TPSA) is 54.5 Å². The fourth-order valence-electron chi connectivity index (χ4n) is 2.18. The second-order valence-electron chi connectivity index (χ2n) is 4.50. The highest BCUT2D eigenvalue weighted by molar-refractivity contribution is 7.22. The number of morpholine rings is 1. The van der Waals surface area contributed by atoms with Crippen LogP contribution in [0.4, 0.5) is 5.13 Å². The molecule has 1 N–H and O–H groups in total. The number of fused-ring (bicyclic) bond motifs is 1. The van der Waals surface area contributed by atoms with E-state index in [1.54, 1.807) is 18.4 Å². The molecule has 5 nitrogen and oxygen atoms in total. The van der Waals surface area contributed by atoms with Crippen LogP contribution in [0.5, 0.6) is 0 Å². The third kappa shape index (κ3) is 2.46. The van der Waals surface area contributed by atoms with Gasteiger partial charge in [0.1, 0.15) is 5.52 Å². The second kappa shape index (κ2) is 5.55. The van der Waals surface area contributed by atoms with Crippen LogP contribution < -0.4 is 10.2 Å². The molecule has 1 amide bonds. The number of carbonyl (C=O) groups excluding carboxylic acids is 1. The highest BCUT2D eigenvalue weighted by Crippen LogP contribution is 2.33. The summed E-state index contributed by atoms with van der Waals surface area (Å²) in [5.41, 5.74) is 0.817. The number of ether oxygens (including phenoxy) is 1. The van der Waals surface area contributed by atoms with Crippen LogP contribution in [0.25, 0.3) is 10.2 Å². The summed E-state index contributed by atoms with van der Waals surface area (Å²) in [4.78, 5) is 18.3. The SMILES string of the molecule is CNC(=O)C1CN(c2nc3c(Cl)cccc3s2)CCO1. The molecule has 106 valence electrons. The van der Waals surface area contributed by atoms with Gasteiger partial charge in [-0.15, -0.1) is 0 Å². The fourth-order valence-corrected chi connectivity index (χ4v) is 3.48. The average molecular weight is 312 g/mol. The lowest BCUT2D eigenvalue weighted by Crippen LogP contribution is -2.49. The van der Waals surface area contributed by atoms with Crippen molar-refractivity contribution in [3.05, 3.63) is 23.2 Å². The maximum Gasteiger partial charge on any atom is 0.250 e. The van der Waals surface area contributed by atoms with E-state index in [0.717, 1.165) is 21.9 Å². The molecule has 3 rings (SSSR count). The standard InChI is InChI=1S/C13H14ClN3O2S/c1-15-12(18)9-7-17(5-6-19-9)13-16-11-8(14)3-2-4-10(11)20-13/h2-4,9H,5-7H2,1H3,(H,15,18). The number of para-hydroxylation sites is 1. The first kappa shape index (κ1) is 13.6. The van der Waals surface area contributed by atoms with Gasteiger partial charge in [0.15, 0.2) is 11.2 Å². The lowest BCUT2D eigenvalue weighted by atomic mass is 10.2. The summed E-state index contributed by atoms with van der Waals surface area (Å²) in [7, 11) is 1.61. The minimum Gasteiger partial charge on any atom is -0.365 e. The highest BCUT2D eigenvalue weighted by Gasteiger charge is 2.27. The number of halogens is 1. The van der Waals surface area contributed by atoms with Crippen LogP contribution in [-0.2, 0) is 9.53 Å². The molecular formula is C13H14ClN3O2S. The molecule has 1 aromatic heterocycles. The van der Waals surface area contributed by atoms with E-state index in [2.05, 4.69) is 15.2 Å². The zero-order valence-electron chi connectivity index (χ0n) is 10.9. The van der Waals surface area contributed by atoms with Gasteiger partial charge >= 0.3 is 0 Å². The maximum atomic E-state index is 11.7. The number of rotatable bonds is 2. The van der Waals surface area contributed by atoms with Gasteiger partial charge in [-0.3, -0.25) is 4.79 Å². The molecule has 1 fully saturated rings. The Balaban J connectivity index is 1.87. The van der Waals surface area contributed by atoms with E-state index >= 15 is 0 Å². The van der Waals surface area contributed by atoms with Crippen molar-refractivity contribution >= 4 is 44.2 Å². The summed E-state index contributed by atoms with van der Waals surface area (Å²) >= 11 is 7.73. The average Bonchev–Trinajstić information content (AvgIpc) is 2.92. The molecule has 2 heterocycles. The minimum atomic E-state index is -0.448. The molecule has 1 aliphatic rings. The normalized spacial score (nSPS) is 19.3. The van der Waals surface area contributed by atoms with Crippen LogP contribution in [0.3, 0.4) is 0 Å². The smallest absolute Gasteiger partial charge is 0.250 e. The summed E-state index contributed by atoms with van der Waals surface area (Å²) in [6.07, 6.45) is -0.448. The van der Waals surface area contributed by atoms with E-state index in [9.17, 15) is 4.79 Å². The van der Waals surface area contributed by atoms with Crippen molar-refractivity contribution in [2.45, 2.75) is 6.10 Å². The molecule has 7 heteroatoms. The number of nitrogens with one attached hydrogen (secondary N) is 1. The number of amides is 1. The monoisotopic (exact) mass is 311 g/mol. The molecular weight excluding hydrogens is 298 g/mol. The predicted molar refractivity (Wildman–Crippen MR) is 80.6 cm³/mol. The molecule has 2 aromatic rings. The molecule has 1 aromatic carbocycles. The maximum absolute atomic E-state index is 11.7. The van der Waals surface area contributed by atoms with Crippen molar-refractivity contribution in [3.63, 3.8) is 0 Å². The van der Waals surface area contributed by atoms with Gasteiger partial charge in [-0.2, -0.15) is 0 Å². The third-order valence-corrected chi connectivity index (χ3v) is 4.62. The van der Waals surface area contributed by atoms with E-state index < -0.39 is 6.10 Å². The quantitative estimate of drug-likeness (QED) is 0.920. The minimum absolute atomic E-state index is 0.103. The van der Waals surface area contributed by atoms with Crippen molar-refractivity contribution in [2.24, 2.45) is 0 Å². The largest absolute Gasteiger partial charge is 0.365 e. The lowest BCUT2D eigenvalue weighted by Gasteiger charge is -2.31. The summed E-state index contributed by atoms with van der Waals surface area (Å²) in [5, 5.41) is 4.15. The Morgan fingerprint density at radius 1 is 1.60 bits per heavy atom. The summed E-state index contributed by atoms with van der Waals surface area (Å²) in [6.45, 7) is 1.75. The van der Waals surface area contributed by atoms with Gasteiger partial charge in [0.25, 0.3) is 5.91 Å². The highest BCUT2D eigenvalue weighted by atomic mass is 35.5. The number of benzene rings is 1. The first-order chi connectivity index (χ1) is 9.69. The molecule has 1 saturated heterocycles. The lowest BCUT2D eigenvalue weighted by molar-refractivity contribution is -0.132. The van der Waals surface area contributed by atoms with Gasteiger partial charge in [-0.1, -0.05) is 29.0 Å². The van der Waals surface area contributed by atoms with Crippen molar-refractivity contribution in [3.8, 4) is 0 Å². The zero-order valence-corrected chi connectivity index (χ0v) is 12.5. The molecule has 1 unspecified atom stereocenters. The Hall–Kier alpha value is -1.37. The van der Waals surface area contributed by atoms with Gasteiger partial charge in [-0.05, 0) is 12.1 Å². The molecule has 0 bridgehead atoms. The van der Waals surface area contributed by atoms with E-state index in [1.807, 2.05) is 18.2 Å². The van der Waals surface area contributed by atoms with E-state index in [1.165, 1.54) is 0 Å². The number of carbonyl (C=O) groups is 1. The number of nitrogens with zero attached hydrogens (tertiary/aromatic N) is 2. The molecule has 0 saturated carbocycles. The number of aromatic nitrogens is 1. The Morgan fingerprint density at radius 3 is 3.20 bits per heavy atom. The number of anilines is 1. The van der Waals surface area contributed by atoms with Gasteiger partial charge < -0.3 is 15.0 Å². The van der Waals surface area contributed by atoms with E-state index in [0.29, 0.717) is 18.2 Å². The Bertz CT molecular complexity index is 646. The van der Waals surface area contributed by atoms with Crippen LogP contribution in [-0.4, -0.2) is 43.7 Å². The van der Waals surface area contributed by atoms with Crippen molar-refractivity contribution in [1.82, 2.24) is 10.3 Å². The predicted octanol–water partition coefficient (Wildman–Crippen LogP) is 1.90. The van der Waals surface area contributed by atoms with E-state index in [4.69, 9.17) is 16.3 Å². The molecule has 0 spiro atoms. The summed E-state index contributed by atoms with van der Waals surface area (Å²) < 4.78 is 6.53. The third-order valence-electron chi connectivity index (χ3n) is 3.23. The number of hydrogen-bond acceptors (Lipinski definition) is 5. The molecule has 1 aliphatic heterocycles. The van der Waals surface area contributed by atoms with Crippen LogP contribution in [0.1, 0.15) is 0 Å². The first-order valence-corrected chi connectivity index (χ1v) is 7.51. The van der Waals surface area contributed by atoms with Crippen LogP contribution >= 0.6 is 22.9 Å². The van der Waals surface area contributed by atoms with E-state index in [-0.39, 0.29) is 5.91 Å². The van der Waals surface area contributed by atoms with Gasteiger partial charge in [-0.25, -0.2) is 4.98 Å².